The number of pyridine rings is 1. The van der Waals surface area contributed by atoms with E-state index in [-0.39, 0.29) is 23.3 Å². The summed E-state index contributed by atoms with van der Waals surface area (Å²) in [6, 6.07) is 11.9. The Morgan fingerprint density at radius 1 is 0.911 bits per heavy atom. The van der Waals surface area contributed by atoms with Crippen molar-refractivity contribution in [2.24, 2.45) is 5.41 Å². The fourth-order valence-electron chi connectivity index (χ4n) is 4.96. The number of ether oxygens (including phenoxy) is 1. The van der Waals surface area contributed by atoms with Crippen LogP contribution in [0, 0.1) is 17.0 Å². The Balaban J connectivity index is 1.11. The molecule has 0 unspecified atom stereocenters. The van der Waals surface area contributed by atoms with Crippen molar-refractivity contribution in [3.63, 3.8) is 0 Å². The maximum Gasteiger partial charge on any atom is 0.322 e. The lowest BCUT2D eigenvalue weighted by molar-refractivity contribution is -0.131. The second-order valence-electron chi connectivity index (χ2n) is 11.5. The standard InChI is InChI=1S/C32H37F2N7O4/c1-39-16-18-41(19-17-39)15-3-14-40(2)31(44)38-28-21-25(10-13-35-28)45-24-8-9-27(26(34)20-24)37-30(43)32(11-12-32)29(42)36-23-6-4-22(33)5-7-23/h4-10,13,20-21H,3,11-12,14-19H2,1-2H3,(H,36,42)(H,37,43)(H,35,38,44). The smallest absolute Gasteiger partial charge is 0.322 e. The van der Waals surface area contributed by atoms with Gasteiger partial charge in [-0.05, 0) is 75.3 Å². The minimum absolute atomic E-state index is 0.105. The number of anilines is 3. The van der Waals surface area contributed by atoms with Crippen LogP contribution in [-0.2, 0) is 9.59 Å². The van der Waals surface area contributed by atoms with Crippen molar-refractivity contribution < 1.29 is 27.9 Å². The summed E-state index contributed by atoms with van der Waals surface area (Å²) in [7, 11) is 3.85. The molecule has 1 saturated carbocycles. The van der Waals surface area contributed by atoms with Gasteiger partial charge in [0.2, 0.25) is 11.8 Å². The lowest BCUT2D eigenvalue weighted by Gasteiger charge is -2.32. The molecule has 1 aromatic heterocycles. The maximum absolute atomic E-state index is 15.0. The van der Waals surface area contributed by atoms with Crippen LogP contribution in [0.2, 0.25) is 0 Å². The number of carbonyl (C=O) groups is 3. The van der Waals surface area contributed by atoms with Gasteiger partial charge < -0.3 is 30.1 Å². The van der Waals surface area contributed by atoms with Gasteiger partial charge in [0.05, 0.1) is 5.69 Å². The molecule has 0 radical (unpaired) electrons. The molecule has 11 nitrogen and oxygen atoms in total. The molecule has 3 N–H and O–H groups in total. The first kappa shape index (κ1) is 31.8. The molecule has 0 atom stereocenters. The monoisotopic (exact) mass is 621 g/mol. The van der Waals surface area contributed by atoms with Gasteiger partial charge in [-0.3, -0.25) is 14.9 Å². The third-order valence-corrected chi connectivity index (χ3v) is 8.02. The van der Waals surface area contributed by atoms with Crippen LogP contribution < -0.4 is 20.7 Å². The van der Waals surface area contributed by atoms with Crippen LogP contribution in [0.1, 0.15) is 19.3 Å². The van der Waals surface area contributed by atoms with E-state index in [1.165, 1.54) is 48.7 Å². The normalized spacial score (nSPS) is 16.0. The Morgan fingerprint density at radius 3 is 2.29 bits per heavy atom. The van der Waals surface area contributed by atoms with E-state index in [2.05, 4.69) is 37.8 Å². The van der Waals surface area contributed by atoms with E-state index in [1.807, 2.05) is 0 Å². The van der Waals surface area contributed by atoms with Gasteiger partial charge in [0, 0.05) is 63.8 Å². The fraction of sp³-hybridized carbons (Fsp3) is 0.375. The molecular weight excluding hydrogens is 584 g/mol. The zero-order valence-corrected chi connectivity index (χ0v) is 25.3. The second-order valence-corrected chi connectivity index (χ2v) is 11.5. The first-order valence-electron chi connectivity index (χ1n) is 14.9. The van der Waals surface area contributed by atoms with Gasteiger partial charge in [0.1, 0.15) is 34.4 Å². The van der Waals surface area contributed by atoms with Crippen LogP contribution in [0.4, 0.5) is 30.8 Å². The Morgan fingerprint density at radius 2 is 1.60 bits per heavy atom. The highest BCUT2D eigenvalue weighted by molar-refractivity contribution is 6.16. The third-order valence-electron chi connectivity index (χ3n) is 8.02. The first-order valence-corrected chi connectivity index (χ1v) is 14.9. The van der Waals surface area contributed by atoms with Gasteiger partial charge in [-0.2, -0.15) is 0 Å². The van der Waals surface area contributed by atoms with Crippen LogP contribution in [0.3, 0.4) is 0 Å². The van der Waals surface area contributed by atoms with E-state index < -0.39 is 28.9 Å². The van der Waals surface area contributed by atoms with Crippen LogP contribution in [0.25, 0.3) is 0 Å². The van der Waals surface area contributed by atoms with Crippen molar-refractivity contribution in [3.8, 4) is 11.5 Å². The van der Waals surface area contributed by atoms with Crippen molar-refractivity contribution >= 4 is 35.0 Å². The van der Waals surface area contributed by atoms with Gasteiger partial charge in [-0.15, -0.1) is 0 Å². The van der Waals surface area contributed by atoms with Crippen molar-refractivity contribution in [2.75, 3.05) is 69.3 Å². The summed E-state index contributed by atoms with van der Waals surface area (Å²) < 4.78 is 33.9. The summed E-state index contributed by atoms with van der Waals surface area (Å²) in [6.45, 7) is 5.69. The summed E-state index contributed by atoms with van der Waals surface area (Å²) in [6.07, 6.45) is 2.94. The highest BCUT2D eigenvalue weighted by atomic mass is 19.1. The van der Waals surface area contributed by atoms with E-state index >= 15 is 0 Å². The Hall–Kier alpha value is -4.62. The molecule has 0 bridgehead atoms. The van der Waals surface area contributed by atoms with Gasteiger partial charge in [-0.25, -0.2) is 18.6 Å². The number of piperazine rings is 1. The number of nitrogens with one attached hydrogen (secondary N) is 3. The van der Waals surface area contributed by atoms with Crippen LogP contribution in [0.5, 0.6) is 11.5 Å². The molecule has 2 fully saturated rings. The Kier molecular flexibility index (Phi) is 9.89. The molecular formula is C32H37F2N7O4. The highest BCUT2D eigenvalue weighted by Crippen LogP contribution is 2.47. The van der Waals surface area contributed by atoms with E-state index in [4.69, 9.17) is 4.74 Å². The number of carbonyl (C=O) groups excluding carboxylic acids is 3. The summed E-state index contributed by atoms with van der Waals surface area (Å²) in [4.78, 5) is 48.9. The number of hydrogen-bond acceptors (Lipinski definition) is 7. The first-order chi connectivity index (χ1) is 21.6. The van der Waals surface area contributed by atoms with E-state index in [0.29, 0.717) is 30.8 Å². The van der Waals surface area contributed by atoms with Gasteiger partial charge in [0.25, 0.3) is 0 Å². The lowest BCUT2D eigenvalue weighted by Crippen LogP contribution is -2.45. The number of amides is 4. The molecule has 5 rings (SSSR count). The second kappa shape index (κ2) is 14.0. The molecule has 0 spiro atoms. The predicted octanol–water partition coefficient (Wildman–Crippen LogP) is 4.61. The number of benzene rings is 2. The molecule has 2 heterocycles. The van der Waals surface area contributed by atoms with Gasteiger partial charge >= 0.3 is 6.03 Å². The van der Waals surface area contributed by atoms with Crippen LogP contribution in [0.15, 0.2) is 60.8 Å². The van der Waals surface area contributed by atoms with Gasteiger partial charge in [0.15, 0.2) is 0 Å². The summed E-state index contributed by atoms with van der Waals surface area (Å²) >= 11 is 0. The van der Waals surface area contributed by atoms with Crippen LogP contribution >= 0.6 is 0 Å². The molecule has 3 aromatic rings. The van der Waals surface area contributed by atoms with E-state index in [9.17, 15) is 23.2 Å². The SMILES string of the molecule is CN1CCN(CCCN(C)C(=O)Nc2cc(Oc3ccc(NC(=O)C4(C(=O)Nc5ccc(F)cc5)CC4)c(F)c3)ccn2)CC1. The highest BCUT2D eigenvalue weighted by Gasteiger charge is 2.56. The predicted molar refractivity (Wildman–Crippen MR) is 166 cm³/mol. The third kappa shape index (κ3) is 8.31. The molecule has 1 aliphatic carbocycles. The van der Waals surface area contributed by atoms with Crippen molar-refractivity contribution in [2.45, 2.75) is 19.3 Å². The number of urea groups is 1. The molecule has 1 saturated heterocycles. The lowest BCUT2D eigenvalue weighted by atomic mass is 10.0. The van der Waals surface area contributed by atoms with Crippen molar-refractivity contribution in [1.82, 2.24) is 19.7 Å². The topological polar surface area (TPSA) is 119 Å². The largest absolute Gasteiger partial charge is 0.457 e. The summed E-state index contributed by atoms with van der Waals surface area (Å²) in [5, 5.41) is 7.87. The van der Waals surface area contributed by atoms with E-state index in [0.717, 1.165) is 45.2 Å². The van der Waals surface area contributed by atoms with Crippen molar-refractivity contribution in [3.05, 3.63) is 72.4 Å². The average molecular weight is 622 g/mol. The molecule has 13 heteroatoms. The maximum atomic E-state index is 15.0. The summed E-state index contributed by atoms with van der Waals surface area (Å²) in [5.41, 5.74) is -1.07. The zero-order chi connectivity index (χ0) is 32.0. The zero-order valence-electron chi connectivity index (χ0n) is 25.3. The van der Waals surface area contributed by atoms with Gasteiger partial charge in [-0.1, -0.05) is 0 Å². The molecule has 4 amide bonds. The number of halogens is 2. The molecule has 45 heavy (non-hydrogen) atoms. The summed E-state index contributed by atoms with van der Waals surface area (Å²) in [5.74, 6) is -1.61. The molecule has 2 aliphatic rings. The van der Waals surface area contributed by atoms with Crippen LogP contribution in [-0.4, -0.2) is 90.9 Å². The Bertz CT molecular complexity index is 1530. The minimum atomic E-state index is -1.33. The van der Waals surface area contributed by atoms with E-state index in [1.54, 1.807) is 18.0 Å². The quantitative estimate of drug-likeness (QED) is 0.268. The number of rotatable bonds is 11. The number of nitrogens with zero attached hydrogens (tertiary/aromatic N) is 4. The molecule has 2 aromatic carbocycles. The van der Waals surface area contributed by atoms with Crippen molar-refractivity contribution in [1.29, 1.82) is 0 Å². The molecule has 238 valence electrons. The number of hydrogen-bond donors (Lipinski definition) is 3. The Labute approximate surface area is 260 Å². The number of likely N-dealkylation sites (N-methyl/N-ethyl adjacent to an activating group) is 1. The number of aromatic nitrogens is 1. The molecule has 1 aliphatic heterocycles. The average Bonchev–Trinajstić information content (AvgIpc) is 3.83. The minimum Gasteiger partial charge on any atom is -0.457 e. The fourth-order valence-corrected chi connectivity index (χ4v) is 4.96.